The van der Waals surface area contributed by atoms with E-state index in [2.05, 4.69) is 29.8 Å². The third-order valence-corrected chi connectivity index (χ3v) is 4.83. The van der Waals surface area contributed by atoms with Gasteiger partial charge in [0.15, 0.2) is 0 Å². The summed E-state index contributed by atoms with van der Waals surface area (Å²) < 4.78 is 0.820. The molecule has 1 aromatic carbocycles. The molecule has 1 heterocycles. The number of piperidine rings is 1. The van der Waals surface area contributed by atoms with Gasteiger partial charge >= 0.3 is 0 Å². The molecule has 0 saturated carbocycles. The Hall–Kier alpha value is -0.540. The van der Waals surface area contributed by atoms with Crippen LogP contribution in [-0.2, 0) is 0 Å². The molecule has 2 unspecified atom stereocenters. The van der Waals surface area contributed by atoms with Crippen LogP contribution < -0.4 is 0 Å². The van der Waals surface area contributed by atoms with Crippen molar-refractivity contribution in [2.75, 3.05) is 0 Å². The number of carbonyl (C=O) groups is 1. The summed E-state index contributed by atoms with van der Waals surface area (Å²) in [6, 6.07) is 6.01. The molecule has 1 aromatic rings. The van der Waals surface area contributed by atoms with Crippen LogP contribution in [0.2, 0.25) is 5.02 Å². The monoisotopic (exact) mass is 329 g/mol. The van der Waals surface area contributed by atoms with Crippen molar-refractivity contribution in [1.82, 2.24) is 4.90 Å². The summed E-state index contributed by atoms with van der Waals surface area (Å²) in [6.45, 7) is 4.24. The standard InChI is InChI=1S/C14H17BrClNO/c1-9-4-3-5-10(2)17(9)14(18)11-6-7-12(15)13(16)8-11/h6-10H,3-5H2,1-2H3. The van der Waals surface area contributed by atoms with Gasteiger partial charge in [-0.3, -0.25) is 4.79 Å². The minimum Gasteiger partial charge on any atom is -0.333 e. The summed E-state index contributed by atoms with van der Waals surface area (Å²) in [5.74, 6) is 0.0871. The van der Waals surface area contributed by atoms with Crippen LogP contribution in [0.25, 0.3) is 0 Å². The van der Waals surface area contributed by atoms with Gasteiger partial charge in [0, 0.05) is 22.1 Å². The second-order valence-electron chi connectivity index (χ2n) is 4.97. The van der Waals surface area contributed by atoms with Crippen molar-refractivity contribution < 1.29 is 4.79 Å². The molecule has 0 radical (unpaired) electrons. The number of likely N-dealkylation sites (tertiary alicyclic amines) is 1. The van der Waals surface area contributed by atoms with Gasteiger partial charge in [-0.15, -0.1) is 0 Å². The molecule has 4 heteroatoms. The van der Waals surface area contributed by atoms with Gasteiger partial charge in [-0.2, -0.15) is 0 Å². The van der Waals surface area contributed by atoms with Gasteiger partial charge in [-0.25, -0.2) is 0 Å². The minimum atomic E-state index is 0.0871. The molecule has 2 rings (SSSR count). The molecule has 98 valence electrons. The van der Waals surface area contributed by atoms with E-state index in [9.17, 15) is 4.79 Å². The molecule has 2 atom stereocenters. The number of amides is 1. The second kappa shape index (κ2) is 5.62. The summed E-state index contributed by atoms with van der Waals surface area (Å²) in [5, 5.41) is 0.582. The molecule has 0 bridgehead atoms. The summed E-state index contributed by atoms with van der Waals surface area (Å²) in [6.07, 6.45) is 3.37. The summed E-state index contributed by atoms with van der Waals surface area (Å²) >= 11 is 9.39. The van der Waals surface area contributed by atoms with Crippen molar-refractivity contribution in [2.24, 2.45) is 0 Å². The lowest BCUT2D eigenvalue weighted by Crippen LogP contribution is -2.47. The predicted molar refractivity (Wildman–Crippen MR) is 78.1 cm³/mol. The Morgan fingerprint density at radius 1 is 1.33 bits per heavy atom. The molecule has 1 fully saturated rings. The largest absolute Gasteiger partial charge is 0.333 e. The number of hydrogen-bond donors (Lipinski definition) is 0. The molecule has 18 heavy (non-hydrogen) atoms. The fourth-order valence-electron chi connectivity index (χ4n) is 2.60. The van der Waals surface area contributed by atoms with Gasteiger partial charge in [0.05, 0.1) is 5.02 Å². The van der Waals surface area contributed by atoms with Crippen molar-refractivity contribution in [3.63, 3.8) is 0 Å². The van der Waals surface area contributed by atoms with Crippen LogP contribution in [0.1, 0.15) is 43.5 Å². The number of nitrogens with zero attached hydrogens (tertiary/aromatic N) is 1. The zero-order valence-corrected chi connectivity index (χ0v) is 13.0. The highest BCUT2D eigenvalue weighted by Gasteiger charge is 2.29. The van der Waals surface area contributed by atoms with Gasteiger partial charge < -0.3 is 4.90 Å². The van der Waals surface area contributed by atoms with E-state index in [-0.39, 0.29) is 5.91 Å². The highest BCUT2D eigenvalue weighted by Crippen LogP contribution is 2.27. The first kappa shape index (κ1) is 13.9. The van der Waals surface area contributed by atoms with Crippen molar-refractivity contribution in [1.29, 1.82) is 0 Å². The second-order valence-corrected chi connectivity index (χ2v) is 6.23. The van der Waals surface area contributed by atoms with Crippen LogP contribution >= 0.6 is 27.5 Å². The highest BCUT2D eigenvalue weighted by molar-refractivity contribution is 9.10. The van der Waals surface area contributed by atoms with Crippen LogP contribution in [0.5, 0.6) is 0 Å². The van der Waals surface area contributed by atoms with Crippen molar-refractivity contribution in [3.8, 4) is 0 Å². The van der Waals surface area contributed by atoms with E-state index in [0.29, 0.717) is 22.7 Å². The highest BCUT2D eigenvalue weighted by atomic mass is 79.9. The molecule has 0 aliphatic carbocycles. The number of hydrogen-bond acceptors (Lipinski definition) is 1. The topological polar surface area (TPSA) is 20.3 Å². The van der Waals surface area contributed by atoms with Crippen LogP contribution in [0.3, 0.4) is 0 Å². The maximum Gasteiger partial charge on any atom is 0.254 e. The smallest absolute Gasteiger partial charge is 0.254 e. The van der Waals surface area contributed by atoms with Gasteiger partial charge in [0.2, 0.25) is 0 Å². The van der Waals surface area contributed by atoms with E-state index in [4.69, 9.17) is 11.6 Å². The van der Waals surface area contributed by atoms with Gasteiger partial charge in [-0.05, 0) is 67.2 Å². The maximum atomic E-state index is 12.5. The van der Waals surface area contributed by atoms with Crippen LogP contribution in [0, 0.1) is 0 Å². The van der Waals surface area contributed by atoms with E-state index < -0.39 is 0 Å². The fraction of sp³-hybridized carbons (Fsp3) is 0.500. The molecule has 0 spiro atoms. The first-order valence-electron chi connectivity index (χ1n) is 6.28. The van der Waals surface area contributed by atoms with E-state index in [1.54, 1.807) is 6.07 Å². The summed E-state index contributed by atoms with van der Waals surface area (Å²) in [7, 11) is 0. The minimum absolute atomic E-state index is 0.0871. The zero-order chi connectivity index (χ0) is 13.3. The predicted octanol–water partition coefficient (Wildman–Crippen LogP) is 4.51. The molecular formula is C14H17BrClNO. The van der Waals surface area contributed by atoms with Gasteiger partial charge in [0.25, 0.3) is 5.91 Å². The SMILES string of the molecule is CC1CCCC(C)N1C(=O)c1ccc(Br)c(Cl)c1. The first-order valence-corrected chi connectivity index (χ1v) is 7.45. The van der Waals surface area contributed by atoms with Crippen LogP contribution in [-0.4, -0.2) is 22.9 Å². The molecule has 1 aliphatic heterocycles. The van der Waals surface area contributed by atoms with E-state index in [1.807, 2.05) is 17.0 Å². The average Bonchev–Trinajstić information content (AvgIpc) is 2.32. The third kappa shape index (κ3) is 2.72. The quantitative estimate of drug-likeness (QED) is 0.742. The molecular weight excluding hydrogens is 314 g/mol. The van der Waals surface area contributed by atoms with Crippen molar-refractivity contribution in [3.05, 3.63) is 33.3 Å². The van der Waals surface area contributed by atoms with Crippen LogP contribution in [0.4, 0.5) is 0 Å². The normalized spacial score (nSPS) is 24.1. The number of halogens is 2. The molecule has 2 nitrogen and oxygen atoms in total. The number of carbonyl (C=O) groups excluding carboxylic acids is 1. The molecule has 0 aromatic heterocycles. The van der Waals surface area contributed by atoms with Gasteiger partial charge in [-0.1, -0.05) is 11.6 Å². The van der Waals surface area contributed by atoms with Crippen molar-refractivity contribution in [2.45, 2.75) is 45.2 Å². The van der Waals surface area contributed by atoms with E-state index in [0.717, 1.165) is 17.3 Å². The Morgan fingerprint density at radius 3 is 2.50 bits per heavy atom. The summed E-state index contributed by atoms with van der Waals surface area (Å²) in [5.41, 5.74) is 0.670. The average molecular weight is 331 g/mol. The number of rotatable bonds is 1. The Kier molecular flexibility index (Phi) is 4.33. The lowest BCUT2D eigenvalue weighted by Gasteiger charge is -2.39. The van der Waals surface area contributed by atoms with Gasteiger partial charge in [0.1, 0.15) is 0 Å². The van der Waals surface area contributed by atoms with E-state index in [1.165, 1.54) is 6.42 Å². The van der Waals surface area contributed by atoms with Crippen LogP contribution in [0.15, 0.2) is 22.7 Å². The van der Waals surface area contributed by atoms with Crippen molar-refractivity contribution >= 4 is 33.4 Å². The maximum absolute atomic E-state index is 12.5. The molecule has 1 aliphatic rings. The first-order chi connectivity index (χ1) is 8.50. The Labute approximate surface area is 121 Å². The van der Waals surface area contributed by atoms with E-state index >= 15 is 0 Å². The molecule has 1 saturated heterocycles. The molecule has 0 N–H and O–H groups in total. The fourth-order valence-corrected chi connectivity index (χ4v) is 3.03. The lowest BCUT2D eigenvalue weighted by molar-refractivity contribution is 0.0511. The number of benzene rings is 1. The Balaban J connectivity index is 2.26. The third-order valence-electron chi connectivity index (χ3n) is 3.59. The lowest BCUT2D eigenvalue weighted by atomic mass is 9.96. The Bertz CT molecular complexity index is 453. The zero-order valence-electron chi connectivity index (χ0n) is 10.6. The summed E-state index contributed by atoms with van der Waals surface area (Å²) in [4.78, 5) is 14.5. The molecule has 1 amide bonds. The Morgan fingerprint density at radius 2 is 1.94 bits per heavy atom.